The molecule has 0 saturated carbocycles. The maximum absolute atomic E-state index is 14.6. The van der Waals surface area contributed by atoms with E-state index in [9.17, 15) is 8.78 Å². The minimum atomic E-state index is -0.593. The molecular weight excluding hydrogens is 428 g/mol. The van der Waals surface area contributed by atoms with Gasteiger partial charge in [-0.15, -0.1) is 5.10 Å². The second-order valence-corrected chi connectivity index (χ2v) is 8.34. The Balaban J connectivity index is 1.56. The quantitative estimate of drug-likeness (QED) is 0.462. The zero-order valence-electron chi connectivity index (χ0n) is 18.2. The fourth-order valence-corrected chi connectivity index (χ4v) is 4.45. The molecule has 3 aromatic heterocycles. The van der Waals surface area contributed by atoms with E-state index in [0.29, 0.717) is 41.0 Å². The Morgan fingerprint density at radius 3 is 2.85 bits per heavy atom. The largest absolute Gasteiger partial charge is 0.461 e. The molecule has 1 aliphatic rings. The molecule has 1 aliphatic heterocycles. The van der Waals surface area contributed by atoms with Crippen LogP contribution in [-0.2, 0) is 6.42 Å². The average molecular weight is 453 g/mol. The Bertz CT molecular complexity index is 1250. The first-order chi connectivity index (χ1) is 16.0. The molecule has 4 aromatic rings. The van der Waals surface area contributed by atoms with Crippen molar-refractivity contribution in [3.63, 3.8) is 0 Å². The van der Waals surface area contributed by atoms with Gasteiger partial charge in [-0.1, -0.05) is 12.5 Å². The molecular formula is C23H25F2N7O. The summed E-state index contributed by atoms with van der Waals surface area (Å²) in [4.78, 5) is 11.0. The van der Waals surface area contributed by atoms with Crippen molar-refractivity contribution in [2.45, 2.75) is 37.8 Å². The van der Waals surface area contributed by atoms with Crippen LogP contribution in [0.1, 0.15) is 24.8 Å². The van der Waals surface area contributed by atoms with Crippen molar-refractivity contribution < 1.29 is 13.2 Å². The van der Waals surface area contributed by atoms with Gasteiger partial charge in [0.05, 0.1) is 12.3 Å². The van der Waals surface area contributed by atoms with Crippen LogP contribution in [0.15, 0.2) is 47.1 Å². The van der Waals surface area contributed by atoms with E-state index in [0.717, 1.165) is 31.9 Å². The molecule has 1 saturated heterocycles. The Morgan fingerprint density at radius 1 is 1.24 bits per heavy atom. The zero-order chi connectivity index (χ0) is 22.9. The Hall–Kier alpha value is -3.53. The number of piperidine rings is 1. The first kappa shape index (κ1) is 21.3. The normalized spacial score (nSPS) is 17.4. The fraction of sp³-hybridized carbons (Fsp3) is 0.348. The second-order valence-electron chi connectivity index (χ2n) is 8.34. The predicted molar refractivity (Wildman–Crippen MR) is 121 cm³/mol. The van der Waals surface area contributed by atoms with E-state index in [-0.39, 0.29) is 12.1 Å². The van der Waals surface area contributed by atoms with Crippen LogP contribution in [0.5, 0.6) is 0 Å². The maximum Gasteiger partial charge on any atom is 0.230 e. The van der Waals surface area contributed by atoms with Crippen LogP contribution in [0.25, 0.3) is 17.2 Å². The number of nitrogen functional groups attached to an aromatic ring is 1. The molecule has 8 nitrogen and oxygen atoms in total. The highest BCUT2D eigenvalue weighted by Gasteiger charge is 2.30. The van der Waals surface area contributed by atoms with Crippen molar-refractivity contribution in [2.24, 2.45) is 0 Å². The first-order valence-corrected chi connectivity index (χ1v) is 11.0. The Morgan fingerprint density at radius 2 is 2.12 bits per heavy atom. The third kappa shape index (κ3) is 4.25. The van der Waals surface area contributed by atoms with Gasteiger partial charge in [0.25, 0.3) is 0 Å². The summed E-state index contributed by atoms with van der Waals surface area (Å²) in [6.07, 6.45) is 5.01. The molecule has 0 radical (unpaired) electrons. The number of aromatic nitrogens is 4. The highest BCUT2D eigenvalue weighted by Crippen LogP contribution is 2.26. The molecule has 5 rings (SSSR count). The maximum atomic E-state index is 14.6. The van der Waals surface area contributed by atoms with Gasteiger partial charge in [-0.3, -0.25) is 0 Å². The number of rotatable bonds is 6. The number of furan rings is 1. The van der Waals surface area contributed by atoms with Gasteiger partial charge < -0.3 is 20.4 Å². The van der Waals surface area contributed by atoms with Crippen molar-refractivity contribution in [2.75, 3.05) is 24.2 Å². The first-order valence-electron chi connectivity index (χ1n) is 11.0. The third-order valence-electron chi connectivity index (χ3n) is 6.14. The second kappa shape index (κ2) is 8.78. The van der Waals surface area contributed by atoms with Gasteiger partial charge in [0, 0.05) is 25.2 Å². The van der Waals surface area contributed by atoms with Gasteiger partial charge in [0.1, 0.15) is 17.5 Å². The lowest BCUT2D eigenvalue weighted by molar-refractivity contribution is 0.336. The van der Waals surface area contributed by atoms with Gasteiger partial charge in [-0.05, 0) is 49.6 Å². The van der Waals surface area contributed by atoms with Gasteiger partial charge in [0.2, 0.25) is 11.8 Å². The molecule has 0 amide bonds. The van der Waals surface area contributed by atoms with E-state index in [4.69, 9.17) is 10.2 Å². The number of nitrogens with zero attached hydrogens (tertiary/aromatic N) is 5. The zero-order valence-corrected chi connectivity index (χ0v) is 18.2. The standard InChI is InChI=1S/C23H25F2N7O/c1-31(18(17-5-2-3-9-27-17)11-14-7-8-15(24)12-16(14)25)23-28-20(26)13-21-29-22(30-32(21)23)19-6-4-10-33-19/h4,6-8,10,12-13,17-18,27H,2-3,5,9,11,26H2,1H3. The molecule has 172 valence electrons. The smallest absolute Gasteiger partial charge is 0.230 e. The Kier molecular flexibility index (Phi) is 5.67. The number of nitrogens with two attached hydrogens (primary N) is 1. The Labute approximate surface area is 189 Å². The molecule has 2 atom stereocenters. The van der Waals surface area contributed by atoms with E-state index in [1.807, 2.05) is 11.9 Å². The molecule has 2 unspecified atom stereocenters. The summed E-state index contributed by atoms with van der Waals surface area (Å²) in [5.41, 5.74) is 7.07. The number of hydrogen-bond donors (Lipinski definition) is 2. The van der Waals surface area contributed by atoms with Crippen molar-refractivity contribution in [1.29, 1.82) is 0 Å². The van der Waals surface area contributed by atoms with E-state index >= 15 is 0 Å². The highest BCUT2D eigenvalue weighted by molar-refractivity contribution is 5.59. The summed E-state index contributed by atoms with van der Waals surface area (Å²) < 4.78 is 35.1. The lowest BCUT2D eigenvalue weighted by Crippen LogP contribution is -2.52. The summed E-state index contributed by atoms with van der Waals surface area (Å²) >= 11 is 0. The number of nitrogens with one attached hydrogen (secondary N) is 1. The van der Waals surface area contributed by atoms with Crippen LogP contribution < -0.4 is 16.0 Å². The third-order valence-corrected chi connectivity index (χ3v) is 6.14. The monoisotopic (exact) mass is 453 g/mol. The summed E-state index contributed by atoms with van der Waals surface area (Å²) in [7, 11) is 1.89. The lowest BCUT2D eigenvalue weighted by atomic mass is 9.92. The highest BCUT2D eigenvalue weighted by atomic mass is 19.1. The molecule has 0 bridgehead atoms. The van der Waals surface area contributed by atoms with E-state index in [2.05, 4.69) is 20.4 Å². The lowest BCUT2D eigenvalue weighted by Gasteiger charge is -2.38. The summed E-state index contributed by atoms with van der Waals surface area (Å²) in [5, 5.41) is 8.14. The van der Waals surface area contributed by atoms with Crippen LogP contribution in [0, 0.1) is 11.6 Å². The minimum absolute atomic E-state index is 0.0829. The van der Waals surface area contributed by atoms with Crippen molar-refractivity contribution >= 4 is 17.4 Å². The van der Waals surface area contributed by atoms with Gasteiger partial charge in [-0.2, -0.15) is 9.50 Å². The van der Waals surface area contributed by atoms with Crippen LogP contribution in [-0.4, -0.2) is 45.3 Å². The van der Waals surface area contributed by atoms with Crippen LogP contribution >= 0.6 is 0 Å². The van der Waals surface area contributed by atoms with Crippen molar-refractivity contribution in [3.8, 4) is 11.6 Å². The minimum Gasteiger partial charge on any atom is -0.461 e. The SMILES string of the molecule is CN(c1nc(N)cc2nc(-c3ccco3)nn12)C(Cc1ccc(F)cc1F)C1CCCCN1. The van der Waals surface area contributed by atoms with Crippen LogP contribution in [0.3, 0.4) is 0 Å². The molecule has 0 aliphatic carbocycles. The topological polar surface area (TPSA) is 97.5 Å². The molecule has 3 N–H and O–H groups in total. The van der Waals surface area contributed by atoms with Gasteiger partial charge in [0.15, 0.2) is 11.4 Å². The molecule has 0 spiro atoms. The van der Waals surface area contributed by atoms with Gasteiger partial charge >= 0.3 is 0 Å². The van der Waals surface area contributed by atoms with Gasteiger partial charge in [-0.25, -0.2) is 13.8 Å². The summed E-state index contributed by atoms with van der Waals surface area (Å²) in [6.45, 7) is 0.882. The number of anilines is 2. The molecule has 4 heterocycles. The molecule has 33 heavy (non-hydrogen) atoms. The van der Waals surface area contributed by atoms with E-state index in [1.165, 1.54) is 12.1 Å². The van der Waals surface area contributed by atoms with Crippen LogP contribution in [0.4, 0.5) is 20.5 Å². The van der Waals surface area contributed by atoms with Crippen molar-refractivity contribution in [1.82, 2.24) is 24.9 Å². The fourth-order valence-electron chi connectivity index (χ4n) is 4.45. The number of fused-ring (bicyclic) bond motifs is 1. The van der Waals surface area contributed by atoms with Crippen LogP contribution in [0.2, 0.25) is 0 Å². The van der Waals surface area contributed by atoms with E-state index in [1.54, 1.807) is 29.0 Å². The summed E-state index contributed by atoms with van der Waals surface area (Å²) in [6, 6.07) is 8.80. The number of hydrogen-bond acceptors (Lipinski definition) is 7. The summed E-state index contributed by atoms with van der Waals surface area (Å²) in [5.74, 6) is 0.574. The molecule has 1 fully saturated rings. The number of halogens is 2. The molecule has 10 heteroatoms. The number of benzene rings is 1. The van der Waals surface area contributed by atoms with Crippen molar-refractivity contribution in [3.05, 3.63) is 59.9 Å². The molecule has 1 aromatic carbocycles. The number of likely N-dealkylation sites (N-methyl/N-ethyl adjacent to an activating group) is 1. The average Bonchev–Trinajstić information content (AvgIpc) is 3.48. The predicted octanol–water partition coefficient (Wildman–Crippen LogP) is 3.43. The van der Waals surface area contributed by atoms with E-state index < -0.39 is 11.6 Å².